The van der Waals surface area contributed by atoms with Gasteiger partial charge in [-0.05, 0) is 32.0 Å². The van der Waals surface area contributed by atoms with Gasteiger partial charge < -0.3 is 4.90 Å². The Morgan fingerprint density at radius 1 is 1.21 bits per heavy atom. The Labute approximate surface area is 178 Å². The quantitative estimate of drug-likeness (QED) is 0.415. The largest absolute Gasteiger partial charge is 0.337 e. The molecule has 3 heterocycles. The zero-order valence-electron chi connectivity index (χ0n) is 16.5. The monoisotopic (exact) mass is 424 g/mol. The maximum atomic E-state index is 13.4. The maximum absolute atomic E-state index is 13.4. The Hall–Kier alpha value is -2.70. The number of nitrogens with zero attached hydrogens (tertiary/aromatic N) is 4. The summed E-state index contributed by atoms with van der Waals surface area (Å²) < 4.78 is 2.58. The molecule has 3 aromatic heterocycles. The van der Waals surface area contributed by atoms with Crippen LogP contribution in [0.5, 0.6) is 0 Å². The van der Waals surface area contributed by atoms with Crippen LogP contribution in [0.4, 0.5) is 0 Å². The molecule has 0 N–H and O–H groups in total. The highest BCUT2D eigenvalue weighted by molar-refractivity contribution is 7.16. The van der Waals surface area contributed by atoms with Crippen molar-refractivity contribution in [2.75, 3.05) is 7.05 Å². The minimum absolute atomic E-state index is 0.0672. The van der Waals surface area contributed by atoms with Crippen LogP contribution in [0, 0.1) is 0 Å². The maximum Gasteiger partial charge on any atom is 0.254 e. The van der Waals surface area contributed by atoms with Crippen molar-refractivity contribution in [3.05, 3.63) is 69.5 Å². The van der Waals surface area contributed by atoms with Crippen LogP contribution in [0.15, 0.2) is 54.7 Å². The average molecular weight is 425 g/mol. The summed E-state index contributed by atoms with van der Waals surface area (Å²) in [7, 11) is 1.80. The first-order valence-corrected chi connectivity index (χ1v) is 10.6. The number of fused-ring (bicyclic) bond motifs is 1. The molecule has 0 unspecified atom stereocenters. The third-order valence-electron chi connectivity index (χ3n) is 4.72. The Morgan fingerprint density at radius 2 is 1.97 bits per heavy atom. The molecular formula is C22H21ClN4OS. The topological polar surface area (TPSA) is 51.0 Å². The van der Waals surface area contributed by atoms with Gasteiger partial charge in [0.05, 0.1) is 33.7 Å². The molecule has 0 saturated heterocycles. The molecule has 0 saturated carbocycles. The zero-order valence-corrected chi connectivity index (χ0v) is 18.0. The fourth-order valence-corrected chi connectivity index (χ4v) is 4.42. The number of carbonyl (C=O) groups is 1. The van der Waals surface area contributed by atoms with Gasteiger partial charge in [-0.1, -0.05) is 41.9 Å². The van der Waals surface area contributed by atoms with E-state index in [0.717, 1.165) is 31.5 Å². The summed E-state index contributed by atoms with van der Waals surface area (Å²) in [4.78, 5) is 20.9. The highest BCUT2D eigenvalue weighted by atomic mass is 35.5. The number of hydrogen-bond donors (Lipinski definition) is 0. The van der Waals surface area contributed by atoms with Gasteiger partial charge in [-0.3, -0.25) is 4.79 Å². The fraction of sp³-hybridized carbons (Fsp3) is 0.227. The van der Waals surface area contributed by atoms with Crippen LogP contribution >= 0.6 is 22.9 Å². The first-order valence-electron chi connectivity index (χ1n) is 9.37. The second-order valence-corrected chi connectivity index (χ2v) is 9.01. The van der Waals surface area contributed by atoms with Gasteiger partial charge in [-0.25, -0.2) is 9.67 Å². The zero-order chi connectivity index (χ0) is 20.5. The molecule has 1 aromatic carbocycles. The molecule has 29 heavy (non-hydrogen) atoms. The number of halogens is 1. The molecule has 4 rings (SSSR count). The average Bonchev–Trinajstić information content (AvgIpc) is 3.33. The van der Waals surface area contributed by atoms with E-state index >= 15 is 0 Å². The molecule has 0 aliphatic rings. The molecule has 1 amide bonds. The van der Waals surface area contributed by atoms with E-state index < -0.39 is 0 Å². The summed E-state index contributed by atoms with van der Waals surface area (Å²) in [5, 5.41) is 5.25. The summed E-state index contributed by atoms with van der Waals surface area (Å²) in [6, 6.07) is 15.7. The third kappa shape index (κ3) is 3.91. The number of pyridine rings is 1. The minimum Gasteiger partial charge on any atom is -0.337 e. The van der Waals surface area contributed by atoms with Gasteiger partial charge in [-0.15, -0.1) is 11.3 Å². The van der Waals surface area contributed by atoms with E-state index in [1.807, 2.05) is 53.2 Å². The van der Waals surface area contributed by atoms with Gasteiger partial charge in [0, 0.05) is 23.5 Å². The van der Waals surface area contributed by atoms with Gasteiger partial charge in [0.25, 0.3) is 5.91 Å². The highest BCUT2D eigenvalue weighted by Gasteiger charge is 2.21. The lowest BCUT2D eigenvalue weighted by Gasteiger charge is -2.18. The SMILES string of the molecule is CC(C)n1ncc2c(C(=O)N(C)Cc3ccc(Cl)s3)cc(-c3ccccc3)nc21. The molecule has 148 valence electrons. The van der Waals surface area contributed by atoms with Gasteiger partial charge in [0.2, 0.25) is 0 Å². The molecule has 5 nitrogen and oxygen atoms in total. The van der Waals surface area contributed by atoms with Crippen LogP contribution in [-0.4, -0.2) is 32.6 Å². The number of carbonyl (C=O) groups excluding carboxylic acids is 1. The molecule has 0 atom stereocenters. The predicted molar refractivity (Wildman–Crippen MR) is 118 cm³/mol. The van der Waals surface area contributed by atoms with E-state index in [2.05, 4.69) is 18.9 Å². The van der Waals surface area contributed by atoms with Gasteiger partial charge in [0.1, 0.15) is 0 Å². The second kappa shape index (κ2) is 7.97. The number of amides is 1. The number of rotatable bonds is 5. The van der Waals surface area contributed by atoms with E-state index in [0.29, 0.717) is 12.1 Å². The lowest BCUT2D eigenvalue weighted by molar-refractivity contribution is 0.0788. The lowest BCUT2D eigenvalue weighted by atomic mass is 10.1. The van der Waals surface area contributed by atoms with E-state index in [1.54, 1.807) is 18.1 Å². The van der Waals surface area contributed by atoms with E-state index in [4.69, 9.17) is 16.6 Å². The van der Waals surface area contributed by atoms with Crippen LogP contribution in [0.1, 0.15) is 35.1 Å². The van der Waals surface area contributed by atoms with Crippen molar-refractivity contribution in [3.8, 4) is 11.3 Å². The molecule has 0 bridgehead atoms. The smallest absolute Gasteiger partial charge is 0.254 e. The number of hydrogen-bond acceptors (Lipinski definition) is 4. The summed E-state index contributed by atoms with van der Waals surface area (Å²) in [5.74, 6) is -0.0672. The predicted octanol–water partition coefficient (Wildman–Crippen LogP) is 5.67. The Balaban J connectivity index is 1.80. The van der Waals surface area contributed by atoms with Crippen LogP contribution in [0.3, 0.4) is 0 Å². The first-order chi connectivity index (χ1) is 13.9. The summed E-state index contributed by atoms with van der Waals surface area (Å²) >= 11 is 7.52. The van der Waals surface area contributed by atoms with Gasteiger partial charge in [-0.2, -0.15) is 5.10 Å². The van der Waals surface area contributed by atoms with Crippen LogP contribution in [0.2, 0.25) is 4.34 Å². The van der Waals surface area contributed by atoms with Crippen LogP contribution in [0.25, 0.3) is 22.3 Å². The molecule has 0 fully saturated rings. The Morgan fingerprint density at radius 3 is 2.62 bits per heavy atom. The molecule has 7 heteroatoms. The number of benzene rings is 1. The normalized spacial score (nSPS) is 11.3. The van der Waals surface area contributed by atoms with E-state index in [9.17, 15) is 4.79 Å². The van der Waals surface area contributed by atoms with E-state index in [1.165, 1.54) is 11.3 Å². The van der Waals surface area contributed by atoms with Crippen molar-refractivity contribution in [2.24, 2.45) is 0 Å². The van der Waals surface area contributed by atoms with Crippen molar-refractivity contribution >= 4 is 39.9 Å². The minimum atomic E-state index is -0.0672. The molecule has 0 aliphatic heterocycles. The van der Waals surface area contributed by atoms with Crippen molar-refractivity contribution in [1.82, 2.24) is 19.7 Å². The first kappa shape index (κ1) is 19.6. The highest BCUT2D eigenvalue weighted by Crippen LogP contribution is 2.28. The second-order valence-electron chi connectivity index (χ2n) is 7.21. The van der Waals surface area contributed by atoms with Crippen LogP contribution in [-0.2, 0) is 6.54 Å². The van der Waals surface area contributed by atoms with Gasteiger partial charge in [0.15, 0.2) is 5.65 Å². The summed E-state index contributed by atoms with van der Waals surface area (Å²) in [6.07, 6.45) is 1.74. The number of thiophene rings is 1. The lowest BCUT2D eigenvalue weighted by Crippen LogP contribution is -2.26. The standard InChI is InChI=1S/C22H21ClN4OS/c1-14(2)27-21-18(12-24-27)17(11-19(25-21)15-7-5-4-6-8-15)22(28)26(3)13-16-9-10-20(23)29-16/h4-12,14H,13H2,1-3H3. The fourth-order valence-electron chi connectivity index (χ4n) is 3.28. The third-order valence-corrected chi connectivity index (χ3v) is 5.94. The molecule has 0 spiro atoms. The summed E-state index contributed by atoms with van der Waals surface area (Å²) in [5.41, 5.74) is 3.05. The Kier molecular flexibility index (Phi) is 5.39. The molecule has 4 aromatic rings. The van der Waals surface area contributed by atoms with Crippen molar-refractivity contribution < 1.29 is 4.79 Å². The van der Waals surface area contributed by atoms with Crippen molar-refractivity contribution in [2.45, 2.75) is 26.4 Å². The molecule has 0 radical (unpaired) electrons. The molecule has 0 aliphatic carbocycles. The number of aromatic nitrogens is 3. The molecular weight excluding hydrogens is 404 g/mol. The van der Waals surface area contributed by atoms with Gasteiger partial charge >= 0.3 is 0 Å². The van der Waals surface area contributed by atoms with Crippen molar-refractivity contribution in [3.63, 3.8) is 0 Å². The van der Waals surface area contributed by atoms with Crippen molar-refractivity contribution in [1.29, 1.82) is 0 Å². The van der Waals surface area contributed by atoms with E-state index in [-0.39, 0.29) is 11.9 Å². The Bertz CT molecular complexity index is 1170. The summed E-state index contributed by atoms with van der Waals surface area (Å²) in [6.45, 7) is 4.61. The van der Waals surface area contributed by atoms with Crippen LogP contribution < -0.4 is 0 Å².